The normalized spacial score (nSPS) is 25.5. The fraction of sp³-hybridized carbons (Fsp3) is 0.933. The molecule has 0 bridgehead atoms. The van der Waals surface area contributed by atoms with Crippen LogP contribution in [-0.4, -0.2) is 41.5 Å². The largest absolute Gasteiger partial charge is 0.368 e. The lowest BCUT2D eigenvalue weighted by Gasteiger charge is -2.37. The quantitative estimate of drug-likeness (QED) is 0.737. The molecular formula is C15H29N3O. The van der Waals surface area contributed by atoms with E-state index < -0.39 is 5.54 Å². The second-order valence-corrected chi connectivity index (χ2v) is 6.77. The molecule has 2 rings (SSSR count). The molecular weight excluding hydrogens is 238 g/mol. The van der Waals surface area contributed by atoms with Crippen molar-refractivity contribution >= 4 is 5.91 Å². The summed E-state index contributed by atoms with van der Waals surface area (Å²) in [5.41, 5.74) is 5.07. The maximum absolute atomic E-state index is 11.8. The van der Waals surface area contributed by atoms with E-state index in [0.717, 1.165) is 6.42 Å². The molecule has 4 heteroatoms. The van der Waals surface area contributed by atoms with Gasteiger partial charge in [0.1, 0.15) is 0 Å². The van der Waals surface area contributed by atoms with Gasteiger partial charge in [-0.1, -0.05) is 12.8 Å². The molecule has 19 heavy (non-hydrogen) atoms. The zero-order valence-electron chi connectivity index (χ0n) is 12.6. The average Bonchev–Trinajstić information content (AvgIpc) is 2.97. The Bertz CT molecular complexity index is 323. The third-order valence-electron chi connectivity index (χ3n) is 4.94. The Morgan fingerprint density at radius 3 is 2.42 bits per heavy atom. The monoisotopic (exact) mass is 267 g/mol. The smallest absolute Gasteiger partial charge is 0.237 e. The van der Waals surface area contributed by atoms with Gasteiger partial charge in [-0.2, -0.15) is 0 Å². The van der Waals surface area contributed by atoms with E-state index >= 15 is 0 Å². The lowest BCUT2D eigenvalue weighted by atomic mass is 9.91. The molecule has 2 fully saturated rings. The van der Waals surface area contributed by atoms with E-state index in [-0.39, 0.29) is 5.91 Å². The van der Waals surface area contributed by atoms with Crippen LogP contribution in [0.4, 0.5) is 0 Å². The number of nitrogens with one attached hydrogen (secondary N) is 1. The minimum absolute atomic E-state index is 0.217. The summed E-state index contributed by atoms with van der Waals surface area (Å²) in [6, 6.07) is 1.57. The van der Waals surface area contributed by atoms with Gasteiger partial charge in [0.05, 0.1) is 5.54 Å². The highest BCUT2D eigenvalue weighted by Gasteiger charge is 2.39. The van der Waals surface area contributed by atoms with Gasteiger partial charge in [-0.15, -0.1) is 0 Å². The molecule has 2 aliphatic rings. The Labute approximate surface area is 117 Å². The zero-order chi connectivity index (χ0) is 14.0. The van der Waals surface area contributed by atoms with Crippen LogP contribution >= 0.6 is 0 Å². The number of carbonyl (C=O) groups excluding carboxylic acids is 1. The number of rotatable bonds is 7. The average molecular weight is 267 g/mol. The first-order chi connectivity index (χ1) is 8.92. The van der Waals surface area contributed by atoms with E-state index in [9.17, 15) is 4.79 Å². The van der Waals surface area contributed by atoms with Gasteiger partial charge in [0.15, 0.2) is 0 Å². The molecule has 0 heterocycles. The van der Waals surface area contributed by atoms with Crippen molar-refractivity contribution in [2.24, 2.45) is 5.73 Å². The molecule has 0 aromatic rings. The van der Waals surface area contributed by atoms with E-state index in [1.54, 1.807) is 0 Å². The number of nitrogens with two attached hydrogens (primary N) is 1. The van der Waals surface area contributed by atoms with Crippen LogP contribution in [0.3, 0.4) is 0 Å². The Morgan fingerprint density at radius 2 is 1.95 bits per heavy atom. The zero-order valence-corrected chi connectivity index (χ0v) is 12.6. The summed E-state index contributed by atoms with van der Waals surface area (Å²) in [6.07, 6.45) is 8.43. The Kier molecular flexibility index (Phi) is 4.51. The minimum atomic E-state index is -0.562. The molecule has 110 valence electrons. The number of nitrogens with zero attached hydrogens (tertiary/aromatic N) is 1. The van der Waals surface area contributed by atoms with Crippen LogP contribution in [0.1, 0.15) is 58.8 Å². The molecule has 2 unspecified atom stereocenters. The van der Waals surface area contributed by atoms with Crippen molar-refractivity contribution in [1.29, 1.82) is 0 Å². The van der Waals surface area contributed by atoms with Crippen LogP contribution < -0.4 is 11.1 Å². The van der Waals surface area contributed by atoms with Gasteiger partial charge in [0.25, 0.3) is 0 Å². The summed E-state index contributed by atoms with van der Waals surface area (Å²) >= 11 is 0. The van der Waals surface area contributed by atoms with E-state index in [1.165, 1.54) is 38.5 Å². The van der Waals surface area contributed by atoms with E-state index in [0.29, 0.717) is 18.1 Å². The van der Waals surface area contributed by atoms with Gasteiger partial charge >= 0.3 is 0 Å². The molecule has 4 nitrogen and oxygen atoms in total. The highest BCUT2D eigenvalue weighted by molar-refractivity contribution is 5.84. The van der Waals surface area contributed by atoms with Crippen molar-refractivity contribution in [3.8, 4) is 0 Å². The number of amides is 1. The van der Waals surface area contributed by atoms with Crippen LogP contribution in [0.5, 0.6) is 0 Å². The van der Waals surface area contributed by atoms with Crippen LogP contribution in [0, 0.1) is 0 Å². The Balaban J connectivity index is 1.93. The third-order valence-corrected chi connectivity index (χ3v) is 4.94. The number of hydrogen-bond acceptors (Lipinski definition) is 3. The maximum Gasteiger partial charge on any atom is 0.237 e. The maximum atomic E-state index is 11.8. The predicted octanol–water partition coefficient (Wildman–Crippen LogP) is 1.64. The standard InChI is InChI=1S/C15H29N3O/c1-11(18(3)13-6-4-5-7-13)10-15(2,14(16)19)17-12-8-9-12/h11-13,17H,4-10H2,1-3H3,(H2,16,19). The van der Waals surface area contributed by atoms with Crippen molar-refractivity contribution in [3.05, 3.63) is 0 Å². The fourth-order valence-electron chi connectivity index (χ4n) is 3.32. The summed E-state index contributed by atoms with van der Waals surface area (Å²) in [4.78, 5) is 14.3. The second-order valence-electron chi connectivity index (χ2n) is 6.77. The number of carbonyl (C=O) groups is 1. The lowest BCUT2D eigenvalue weighted by molar-refractivity contribution is -0.124. The number of primary amides is 1. The molecule has 0 saturated heterocycles. The second kappa shape index (κ2) is 5.80. The predicted molar refractivity (Wildman–Crippen MR) is 77.9 cm³/mol. The minimum Gasteiger partial charge on any atom is -0.368 e. The molecule has 0 aromatic heterocycles. The van der Waals surface area contributed by atoms with Gasteiger partial charge in [0, 0.05) is 18.1 Å². The van der Waals surface area contributed by atoms with Crippen LogP contribution in [-0.2, 0) is 4.79 Å². The summed E-state index contributed by atoms with van der Waals surface area (Å²) < 4.78 is 0. The molecule has 1 amide bonds. The van der Waals surface area contributed by atoms with Crippen molar-refractivity contribution in [1.82, 2.24) is 10.2 Å². The van der Waals surface area contributed by atoms with Crippen LogP contribution in [0.2, 0.25) is 0 Å². The molecule has 0 aromatic carbocycles. The SMILES string of the molecule is CC(CC(C)(NC1CC1)C(N)=O)N(C)C1CCCC1. The molecule has 2 saturated carbocycles. The fourth-order valence-corrected chi connectivity index (χ4v) is 3.32. The van der Waals surface area contributed by atoms with Crippen LogP contribution in [0.25, 0.3) is 0 Å². The van der Waals surface area contributed by atoms with Crippen molar-refractivity contribution in [3.63, 3.8) is 0 Å². The molecule has 2 aliphatic carbocycles. The first kappa shape index (κ1) is 14.8. The molecule has 0 radical (unpaired) electrons. The van der Waals surface area contributed by atoms with Crippen LogP contribution in [0.15, 0.2) is 0 Å². The number of hydrogen-bond donors (Lipinski definition) is 2. The van der Waals surface area contributed by atoms with Gasteiger partial charge in [-0.25, -0.2) is 0 Å². The van der Waals surface area contributed by atoms with Crippen molar-refractivity contribution in [2.45, 2.75) is 82.5 Å². The highest BCUT2D eigenvalue weighted by Crippen LogP contribution is 2.28. The topological polar surface area (TPSA) is 58.4 Å². The van der Waals surface area contributed by atoms with Crippen molar-refractivity contribution in [2.75, 3.05) is 7.05 Å². The summed E-state index contributed by atoms with van der Waals surface area (Å²) in [7, 11) is 2.19. The highest BCUT2D eigenvalue weighted by atomic mass is 16.1. The van der Waals surface area contributed by atoms with E-state index in [1.807, 2.05) is 6.92 Å². The Morgan fingerprint density at radius 1 is 1.37 bits per heavy atom. The molecule has 0 spiro atoms. The lowest BCUT2D eigenvalue weighted by Crippen LogP contribution is -2.57. The van der Waals surface area contributed by atoms with E-state index in [2.05, 4.69) is 24.2 Å². The summed E-state index contributed by atoms with van der Waals surface area (Å²) in [6.45, 7) is 4.18. The van der Waals surface area contributed by atoms with Gasteiger partial charge in [-0.3, -0.25) is 4.79 Å². The van der Waals surface area contributed by atoms with Gasteiger partial charge in [-0.05, 0) is 53.0 Å². The van der Waals surface area contributed by atoms with Gasteiger partial charge < -0.3 is 16.0 Å². The van der Waals surface area contributed by atoms with Crippen molar-refractivity contribution < 1.29 is 4.79 Å². The van der Waals surface area contributed by atoms with Gasteiger partial charge in [0.2, 0.25) is 5.91 Å². The first-order valence-electron chi connectivity index (χ1n) is 7.72. The first-order valence-corrected chi connectivity index (χ1v) is 7.72. The molecule has 0 aliphatic heterocycles. The summed E-state index contributed by atoms with van der Waals surface area (Å²) in [5.74, 6) is -0.217. The third kappa shape index (κ3) is 3.69. The molecule has 3 N–H and O–H groups in total. The molecule has 2 atom stereocenters. The summed E-state index contributed by atoms with van der Waals surface area (Å²) in [5, 5.41) is 3.44. The van der Waals surface area contributed by atoms with E-state index in [4.69, 9.17) is 5.73 Å². The Hall–Kier alpha value is -0.610.